The number of nitrogens with zero attached hydrogens (tertiary/aromatic N) is 1. The molecule has 99 heavy (non-hydrogen) atoms. The molecule has 9 nitrogen and oxygen atoms in total. The molecule has 2 unspecified atom stereocenters. The zero-order chi connectivity index (χ0) is 71.8. The lowest BCUT2D eigenvalue weighted by atomic mass is 10.0. The summed E-state index contributed by atoms with van der Waals surface area (Å²) in [6, 6.07) is 0. The van der Waals surface area contributed by atoms with Crippen molar-refractivity contribution < 1.29 is 42.9 Å². The van der Waals surface area contributed by atoms with Crippen molar-refractivity contribution in [1.82, 2.24) is 0 Å². The van der Waals surface area contributed by atoms with E-state index >= 15 is 0 Å². The van der Waals surface area contributed by atoms with Gasteiger partial charge in [0.15, 0.2) is 12.4 Å². The fourth-order valence-corrected chi connectivity index (χ4v) is 10.7. The van der Waals surface area contributed by atoms with Crippen LogP contribution in [-0.4, -0.2) is 82.3 Å². The summed E-state index contributed by atoms with van der Waals surface area (Å²) in [5.41, 5.74) is 0. The first kappa shape index (κ1) is 93.4. The van der Waals surface area contributed by atoms with E-state index in [0.29, 0.717) is 17.4 Å². The molecule has 0 fully saturated rings. The van der Waals surface area contributed by atoms with Crippen molar-refractivity contribution in [2.24, 2.45) is 0 Å². The Morgan fingerprint density at radius 1 is 0.303 bits per heavy atom. The number of quaternary nitrogens is 1. The molecule has 0 rings (SSSR count). The number of esters is 2. The van der Waals surface area contributed by atoms with Gasteiger partial charge in [-0.2, -0.15) is 0 Å². The number of ether oxygens (including phenoxy) is 4. The summed E-state index contributed by atoms with van der Waals surface area (Å²) < 4.78 is 22.9. The maximum absolute atomic E-state index is 13.0. The number of likely N-dealkylation sites (N-methyl/N-ethyl adjacent to an activating group) is 1. The molecule has 0 N–H and O–H groups in total. The highest BCUT2D eigenvalue weighted by Crippen LogP contribution is 2.17. The predicted molar refractivity (Wildman–Crippen MR) is 425 cm³/mol. The minimum Gasteiger partial charge on any atom is -0.545 e. The maximum atomic E-state index is 13.0. The van der Waals surface area contributed by atoms with Crippen LogP contribution in [0.2, 0.25) is 0 Å². The van der Waals surface area contributed by atoms with Crippen LogP contribution >= 0.6 is 0 Å². The minimum absolute atomic E-state index is 0.140. The molecule has 0 aromatic rings. The Bertz CT molecular complexity index is 2290. The monoisotopic (exact) mass is 1370 g/mol. The number of unbranched alkanes of at least 4 members (excludes halogenated alkanes) is 27. The Labute approximate surface area is 609 Å². The van der Waals surface area contributed by atoms with E-state index in [1.54, 1.807) is 0 Å². The van der Waals surface area contributed by atoms with Crippen molar-refractivity contribution in [3.63, 3.8) is 0 Å². The summed E-state index contributed by atoms with van der Waals surface area (Å²) >= 11 is 0. The molecular formula is C90H147NO8. The van der Waals surface area contributed by atoms with Gasteiger partial charge in [0.1, 0.15) is 13.2 Å². The quantitative estimate of drug-likeness (QED) is 0.0195. The molecule has 0 spiro atoms. The van der Waals surface area contributed by atoms with Gasteiger partial charge in [0, 0.05) is 12.8 Å². The first-order chi connectivity index (χ1) is 48.6. The fraction of sp³-hybridized carbons (Fsp3) is 0.633. The second-order valence-corrected chi connectivity index (χ2v) is 27.2. The van der Waals surface area contributed by atoms with Crippen LogP contribution in [-0.2, 0) is 33.3 Å². The summed E-state index contributed by atoms with van der Waals surface area (Å²) in [7, 11) is 5.93. The fourth-order valence-electron chi connectivity index (χ4n) is 10.7. The molecule has 0 saturated heterocycles. The Balaban J connectivity index is 4.09. The van der Waals surface area contributed by atoms with Gasteiger partial charge in [-0.1, -0.05) is 344 Å². The SMILES string of the molecule is CC/C=C\C/C=C\C/C=C\C/C=C\C/C=C\C/C=C\C/C=C\C/C=C\CCCCCCCCCCCCC(=O)OC(COC(=O)CCCCCCCCCCCCCCCCCCC/C=C\C/C=C\C/C=C\C/C=C\C/C=C\C/C=C\C/C=C\CC)COC(OCC[N+](C)(C)C)C(=O)[O-]. The van der Waals surface area contributed by atoms with Gasteiger partial charge >= 0.3 is 11.9 Å². The molecule has 560 valence electrons. The van der Waals surface area contributed by atoms with Gasteiger partial charge in [0.2, 0.25) is 0 Å². The zero-order valence-electron chi connectivity index (χ0n) is 64.0. The Morgan fingerprint density at radius 3 is 0.808 bits per heavy atom. The molecular weight excluding hydrogens is 1220 g/mol. The standard InChI is InChI=1S/C90H147NO8/c1-6-8-10-12-14-16-18-20-22-24-26-28-30-32-34-36-38-40-42-43-44-45-47-48-50-52-54-56-58-60-62-64-66-68-70-72-74-76-78-80-87(92)97-84-86(85-98-90(89(94)95)96-83-82-91(3,4)5)99-88(93)81-79-77-75-73-71-69-67-65-63-61-59-57-55-53-51-49-46-41-39-37-35-33-31-29-27-25-23-21-19-17-15-13-11-9-7-2/h8-11,14-17,20-23,26-29,32-35,38-41,43-44,49,51,55,57,86,90H,6-7,12-13,18-19,24-25,30-31,36-37,42,45-48,50,52-54,56,58-85H2,1-5H3/b10-8-,11-9-,16-14-,17-15-,22-20-,23-21-,28-26-,29-27-,34-32-,35-33-,40-38-,41-39-,44-43-,51-49-,57-55-. The van der Waals surface area contributed by atoms with E-state index < -0.39 is 24.3 Å². The molecule has 0 heterocycles. The number of carboxylic acids is 1. The predicted octanol–water partition coefficient (Wildman–Crippen LogP) is 24.6. The van der Waals surface area contributed by atoms with E-state index in [4.69, 9.17) is 18.9 Å². The second kappa shape index (κ2) is 78.1. The third-order valence-electron chi connectivity index (χ3n) is 16.6. The highest BCUT2D eigenvalue weighted by atomic mass is 16.7. The summed E-state index contributed by atoms with van der Waals surface area (Å²) in [6.07, 6.45) is 116. The molecule has 0 aromatic heterocycles. The number of hydrogen-bond donors (Lipinski definition) is 0. The molecule has 0 bridgehead atoms. The third-order valence-corrected chi connectivity index (χ3v) is 16.6. The average molecular weight is 1370 g/mol. The van der Waals surface area contributed by atoms with Gasteiger partial charge in [0.05, 0.1) is 40.3 Å². The normalized spacial score (nSPS) is 13.7. The number of hydrogen-bond acceptors (Lipinski definition) is 8. The number of aliphatic carboxylic acids is 1. The minimum atomic E-state index is -1.63. The lowest BCUT2D eigenvalue weighted by Crippen LogP contribution is -2.44. The highest BCUT2D eigenvalue weighted by Gasteiger charge is 2.22. The maximum Gasteiger partial charge on any atom is 0.306 e. The van der Waals surface area contributed by atoms with E-state index in [-0.39, 0.29) is 38.6 Å². The Hall–Kier alpha value is -5.61. The zero-order valence-corrected chi connectivity index (χ0v) is 64.0. The number of carbonyl (C=O) groups is 3. The summed E-state index contributed by atoms with van der Waals surface area (Å²) in [5.74, 6) is -2.29. The second-order valence-electron chi connectivity index (χ2n) is 27.2. The lowest BCUT2D eigenvalue weighted by Gasteiger charge is -2.26. The van der Waals surface area contributed by atoms with Gasteiger partial charge in [0.25, 0.3) is 0 Å². The van der Waals surface area contributed by atoms with Gasteiger partial charge in [-0.15, -0.1) is 0 Å². The largest absolute Gasteiger partial charge is 0.545 e. The van der Waals surface area contributed by atoms with Gasteiger partial charge in [-0.05, 0) is 135 Å². The first-order valence-electron chi connectivity index (χ1n) is 39.9. The highest BCUT2D eigenvalue weighted by molar-refractivity contribution is 5.70. The van der Waals surface area contributed by atoms with E-state index in [9.17, 15) is 19.5 Å². The van der Waals surface area contributed by atoms with Gasteiger partial charge < -0.3 is 33.3 Å². The van der Waals surface area contributed by atoms with Crippen molar-refractivity contribution >= 4 is 17.9 Å². The third kappa shape index (κ3) is 79.6. The number of carboxylic acid groups (broad SMARTS) is 1. The summed E-state index contributed by atoms with van der Waals surface area (Å²) in [5, 5.41) is 11.9. The Morgan fingerprint density at radius 2 is 0.545 bits per heavy atom. The van der Waals surface area contributed by atoms with E-state index in [1.807, 2.05) is 21.1 Å². The Kier molecular flexibility index (Phi) is 73.7. The average Bonchev–Trinajstić information content (AvgIpc) is 1.16. The molecule has 0 aliphatic heterocycles. The van der Waals surface area contributed by atoms with Gasteiger partial charge in [-0.25, -0.2) is 0 Å². The smallest absolute Gasteiger partial charge is 0.306 e. The molecule has 0 amide bonds. The summed E-state index contributed by atoms with van der Waals surface area (Å²) in [6.45, 7) is 4.52. The van der Waals surface area contributed by atoms with Crippen LogP contribution < -0.4 is 5.11 Å². The molecule has 0 aliphatic rings. The molecule has 0 aliphatic carbocycles. The number of allylic oxidation sites excluding steroid dienone is 30. The van der Waals surface area contributed by atoms with Crippen molar-refractivity contribution in [2.75, 3.05) is 47.5 Å². The lowest BCUT2D eigenvalue weighted by molar-refractivity contribution is -0.870. The van der Waals surface area contributed by atoms with Crippen LogP contribution in [0.3, 0.4) is 0 Å². The molecule has 0 saturated carbocycles. The number of carbonyl (C=O) groups excluding carboxylic acids is 3. The molecule has 2 atom stereocenters. The van der Waals surface area contributed by atoms with Gasteiger partial charge in [-0.3, -0.25) is 9.59 Å². The summed E-state index contributed by atoms with van der Waals surface area (Å²) in [4.78, 5) is 37.6. The molecule has 0 radical (unpaired) electrons. The van der Waals surface area contributed by atoms with Crippen molar-refractivity contribution in [3.05, 3.63) is 182 Å². The van der Waals surface area contributed by atoms with Crippen molar-refractivity contribution in [3.8, 4) is 0 Å². The van der Waals surface area contributed by atoms with Crippen LogP contribution in [0.1, 0.15) is 309 Å². The first-order valence-corrected chi connectivity index (χ1v) is 39.9. The van der Waals surface area contributed by atoms with Crippen molar-refractivity contribution in [1.29, 1.82) is 0 Å². The topological polar surface area (TPSA) is 111 Å². The van der Waals surface area contributed by atoms with E-state index in [2.05, 4.69) is 196 Å². The van der Waals surface area contributed by atoms with Crippen LogP contribution in [0.4, 0.5) is 0 Å². The molecule has 0 aromatic carbocycles. The molecule has 9 heteroatoms. The van der Waals surface area contributed by atoms with Crippen LogP contribution in [0.5, 0.6) is 0 Å². The van der Waals surface area contributed by atoms with E-state index in [0.717, 1.165) is 141 Å². The van der Waals surface area contributed by atoms with E-state index in [1.165, 1.54) is 135 Å². The number of rotatable bonds is 72. The van der Waals surface area contributed by atoms with Crippen LogP contribution in [0.15, 0.2) is 182 Å². The van der Waals surface area contributed by atoms with Crippen LogP contribution in [0, 0.1) is 0 Å². The van der Waals surface area contributed by atoms with Crippen molar-refractivity contribution in [2.45, 2.75) is 322 Å². The van der Waals surface area contributed by atoms with Crippen LogP contribution in [0.25, 0.3) is 0 Å².